The van der Waals surface area contributed by atoms with Crippen molar-refractivity contribution < 1.29 is 9.90 Å². The molecule has 0 saturated heterocycles. The molecule has 0 radical (unpaired) electrons. The third-order valence-corrected chi connectivity index (χ3v) is 2.63. The Morgan fingerprint density at radius 1 is 1.53 bits per heavy atom. The Morgan fingerprint density at radius 2 is 2.20 bits per heavy atom. The van der Waals surface area contributed by atoms with E-state index >= 15 is 0 Å². The zero-order valence-electron chi connectivity index (χ0n) is 8.83. The number of anilines is 1. The minimum atomic E-state index is -0.882. The molecule has 0 unspecified atom stereocenters. The number of aryl methyl sites for hydroxylation is 1. The molecule has 0 bridgehead atoms. The lowest BCUT2D eigenvalue weighted by Crippen LogP contribution is -2.20. The smallest absolute Gasteiger partial charge is 0.335 e. The minimum absolute atomic E-state index is 0.337. The molecule has 0 aliphatic rings. The average Bonchev–Trinajstić information content (AvgIpc) is 2.17. The summed E-state index contributed by atoms with van der Waals surface area (Å²) >= 11 is 3.37. The van der Waals surface area contributed by atoms with Crippen molar-refractivity contribution in [2.75, 3.05) is 23.8 Å². The van der Waals surface area contributed by atoms with E-state index in [1.165, 1.54) is 0 Å². The molecule has 1 aromatic carbocycles. The minimum Gasteiger partial charge on any atom is -0.478 e. The molecule has 0 fully saturated rings. The maximum atomic E-state index is 10.7. The van der Waals surface area contributed by atoms with Crippen LogP contribution in [0.25, 0.3) is 0 Å². The molecule has 0 heterocycles. The summed E-state index contributed by atoms with van der Waals surface area (Å²) in [6.45, 7) is 2.82. The molecule has 1 N–H and O–H groups in total. The van der Waals surface area contributed by atoms with Gasteiger partial charge in [0, 0.05) is 24.6 Å². The second-order valence-corrected chi connectivity index (χ2v) is 4.21. The lowest BCUT2D eigenvalue weighted by Gasteiger charge is -2.20. The second kappa shape index (κ2) is 5.16. The number of halogens is 1. The summed E-state index contributed by atoms with van der Waals surface area (Å²) < 4.78 is 0. The van der Waals surface area contributed by atoms with Crippen molar-refractivity contribution in [3.63, 3.8) is 0 Å². The van der Waals surface area contributed by atoms with Gasteiger partial charge in [0.05, 0.1) is 5.56 Å². The predicted molar refractivity (Wildman–Crippen MR) is 65.2 cm³/mol. The predicted octanol–water partition coefficient (Wildman–Crippen LogP) is 2.52. The first-order valence-corrected chi connectivity index (χ1v) is 5.79. The summed E-state index contributed by atoms with van der Waals surface area (Å²) in [5, 5.41) is 9.71. The van der Waals surface area contributed by atoms with E-state index in [0.29, 0.717) is 5.56 Å². The van der Waals surface area contributed by atoms with Gasteiger partial charge in [-0.15, -0.1) is 0 Å². The SMILES string of the molecule is Cc1cc(C(=O)O)ccc1N(C)CCBr. The van der Waals surface area contributed by atoms with E-state index in [1.54, 1.807) is 12.1 Å². The Labute approximate surface area is 97.8 Å². The molecular formula is C11H14BrNO2. The fourth-order valence-electron chi connectivity index (χ4n) is 1.46. The Balaban J connectivity index is 2.97. The van der Waals surface area contributed by atoms with Gasteiger partial charge in [-0.1, -0.05) is 15.9 Å². The van der Waals surface area contributed by atoms with Crippen LogP contribution >= 0.6 is 15.9 Å². The maximum Gasteiger partial charge on any atom is 0.335 e. The highest BCUT2D eigenvalue weighted by Crippen LogP contribution is 2.20. The van der Waals surface area contributed by atoms with Crippen LogP contribution in [0.3, 0.4) is 0 Å². The number of aromatic carboxylic acids is 1. The number of alkyl halides is 1. The van der Waals surface area contributed by atoms with Crippen molar-refractivity contribution >= 4 is 27.6 Å². The van der Waals surface area contributed by atoms with Gasteiger partial charge in [0.2, 0.25) is 0 Å². The van der Waals surface area contributed by atoms with Crippen molar-refractivity contribution in [3.8, 4) is 0 Å². The van der Waals surface area contributed by atoms with Gasteiger partial charge in [0.25, 0.3) is 0 Å². The standard InChI is InChI=1S/C11H14BrNO2/c1-8-7-9(11(14)15)3-4-10(8)13(2)6-5-12/h3-4,7H,5-6H2,1-2H3,(H,14,15). The fourth-order valence-corrected chi connectivity index (χ4v) is 2.00. The molecule has 15 heavy (non-hydrogen) atoms. The fraction of sp³-hybridized carbons (Fsp3) is 0.364. The van der Waals surface area contributed by atoms with Crippen LogP contribution in [0.4, 0.5) is 5.69 Å². The van der Waals surface area contributed by atoms with Crippen LogP contribution in [0, 0.1) is 6.92 Å². The molecule has 0 spiro atoms. The van der Waals surface area contributed by atoms with Crippen LogP contribution in [0.2, 0.25) is 0 Å². The van der Waals surface area contributed by atoms with Gasteiger partial charge in [-0.3, -0.25) is 0 Å². The van der Waals surface area contributed by atoms with Crippen molar-refractivity contribution in [2.24, 2.45) is 0 Å². The number of rotatable bonds is 4. The van der Waals surface area contributed by atoms with Crippen molar-refractivity contribution in [2.45, 2.75) is 6.92 Å². The van der Waals surface area contributed by atoms with E-state index in [-0.39, 0.29) is 0 Å². The van der Waals surface area contributed by atoms with Crippen molar-refractivity contribution in [1.29, 1.82) is 0 Å². The van der Waals surface area contributed by atoms with E-state index in [0.717, 1.165) is 23.1 Å². The molecular weight excluding hydrogens is 258 g/mol. The van der Waals surface area contributed by atoms with E-state index in [2.05, 4.69) is 20.8 Å². The molecule has 1 aromatic rings. The number of hydrogen-bond donors (Lipinski definition) is 1. The van der Waals surface area contributed by atoms with E-state index in [1.807, 2.05) is 20.0 Å². The molecule has 0 atom stereocenters. The third kappa shape index (κ3) is 2.96. The highest BCUT2D eigenvalue weighted by Gasteiger charge is 2.08. The van der Waals surface area contributed by atoms with Crippen LogP contribution in [-0.2, 0) is 0 Å². The zero-order valence-corrected chi connectivity index (χ0v) is 10.4. The van der Waals surface area contributed by atoms with Crippen LogP contribution in [0.1, 0.15) is 15.9 Å². The topological polar surface area (TPSA) is 40.5 Å². The van der Waals surface area contributed by atoms with Crippen LogP contribution < -0.4 is 4.90 Å². The monoisotopic (exact) mass is 271 g/mol. The van der Waals surface area contributed by atoms with Crippen LogP contribution in [-0.4, -0.2) is 30.0 Å². The Kier molecular flexibility index (Phi) is 4.15. The van der Waals surface area contributed by atoms with Crippen LogP contribution in [0.5, 0.6) is 0 Å². The number of benzene rings is 1. The highest BCUT2D eigenvalue weighted by molar-refractivity contribution is 9.09. The Bertz CT molecular complexity index is 366. The van der Waals surface area contributed by atoms with E-state index < -0.39 is 5.97 Å². The number of nitrogens with zero attached hydrogens (tertiary/aromatic N) is 1. The Morgan fingerprint density at radius 3 is 2.67 bits per heavy atom. The number of carbonyl (C=O) groups is 1. The van der Waals surface area contributed by atoms with Gasteiger partial charge in [-0.05, 0) is 30.7 Å². The number of carboxylic acids is 1. The highest BCUT2D eigenvalue weighted by atomic mass is 79.9. The first kappa shape index (κ1) is 12.0. The van der Waals surface area contributed by atoms with E-state index in [9.17, 15) is 4.79 Å². The molecule has 82 valence electrons. The first-order chi connectivity index (χ1) is 7.06. The molecule has 4 heteroatoms. The van der Waals surface area contributed by atoms with Crippen molar-refractivity contribution in [3.05, 3.63) is 29.3 Å². The summed E-state index contributed by atoms with van der Waals surface area (Å²) in [6, 6.07) is 5.18. The van der Waals surface area contributed by atoms with Crippen LogP contribution in [0.15, 0.2) is 18.2 Å². The lowest BCUT2D eigenvalue weighted by molar-refractivity contribution is 0.0697. The third-order valence-electron chi connectivity index (χ3n) is 2.27. The summed E-state index contributed by atoms with van der Waals surface area (Å²) in [6.07, 6.45) is 0. The molecule has 3 nitrogen and oxygen atoms in total. The largest absolute Gasteiger partial charge is 0.478 e. The van der Waals surface area contributed by atoms with Gasteiger partial charge in [-0.2, -0.15) is 0 Å². The number of hydrogen-bond acceptors (Lipinski definition) is 2. The van der Waals surface area contributed by atoms with Gasteiger partial charge in [0.15, 0.2) is 0 Å². The molecule has 0 saturated carbocycles. The molecule has 0 amide bonds. The summed E-state index contributed by atoms with van der Waals surface area (Å²) in [4.78, 5) is 12.8. The van der Waals surface area contributed by atoms with Gasteiger partial charge in [0.1, 0.15) is 0 Å². The molecule has 0 aliphatic heterocycles. The van der Waals surface area contributed by atoms with E-state index in [4.69, 9.17) is 5.11 Å². The van der Waals surface area contributed by atoms with Gasteiger partial charge in [-0.25, -0.2) is 4.79 Å². The van der Waals surface area contributed by atoms with Gasteiger partial charge < -0.3 is 10.0 Å². The summed E-state index contributed by atoms with van der Waals surface area (Å²) in [7, 11) is 1.99. The molecule has 0 aliphatic carbocycles. The lowest BCUT2D eigenvalue weighted by atomic mass is 10.1. The Hall–Kier alpha value is -1.03. The first-order valence-electron chi connectivity index (χ1n) is 4.67. The molecule has 1 rings (SSSR count). The zero-order chi connectivity index (χ0) is 11.4. The second-order valence-electron chi connectivity index (χ2n) is 3.42. The molecule has 0 aromatic heterocycles. The number of carboxylic acid groups (broad SMARTS) is 1. The summed E-state index contributed by atoms with van der Waals surface area (Å²) in [5.41, 5.74) is 2.39. The van der Waals surface area contributed by atoms with Gasteiger partial charge >= 0.3 is 5.97 Å². The quantitative estimate of drug-likeness (QED) is 0.856. The normalized spacial score (nSPS) is 10.1. The maximum absolute atomic E-state index is 10.7. The van der Waals surface area contributed by atoms with Crippen molar-refractivity contribution in [1.82, 2.24) is 0 Å². The average molecular weight is 272 g/mol. The summed E-state index contributed by atoms with van der Waals surface area (Å²) in [5.74, 6) is -0.882.